The summed E-state index contributed by atoms with van der Waals surface area (Å²) in [7, 11) is 1.06. The predicted octanol–water partition coefficient (Wildman–Crippen LogP) is -2.37. The molecule has 58 nitrogen and oxygen atoms in total. The molecule has 9 aromatic heterocycles. The van der Waals surface area contributed by atoms with E-state index < -0.39 is 281 Å². The van der Waals surface area contributed by atoms with Gasteiger partial charge in [0.2, 0.25) is 0 Å². The number of fused-ring (bicyclic) bond motifs is 2. The van der Waals surface area contributed by atoms with Crippen molar-refractivity contribution < 1.29 is 130 Å². The Balaban J connectivity index is 0.599. The first-order valence-corrected chi connectivity index (χ1v) is 60.6. The highest BCUT2D eigenvalue weighted by Crippen LogP contribution is 2.57. The van der Waals surface area contributed by atoms with Gasteiger partial charge in [-0.1, -0.05) is 70.8 Å². The van der Waals surface area contributed by atoms with Gasteiger partial charge in [-0.25, -0.2) is 53.9 Å². The van der Waals surface area contributed by atoms with Gasteiger partial charge < -0.3 is 167 Å². The summed E-state index contributed by atoms with van der Waals surface area (Å²) in [4.78, 5) is 220. The van der Waals surface area contributed by atoms with Crippen molar-refractivity contribution >= 4 is 182 Å². The van der Waals surface area contributed by atoms with Crippen molar-refractivity contribution in [2.24, 2.45) is 0 Å². The molecular weight excluding hydrogens is 2180 g/mol. The number of ether oxygens (including phenoxy) is 7. The van der Waals surface area contributed by atoms with Crippen LogP contribution in [0.1, 0.15) is 123 Å². The number of nitrogens with two attached hydrogens (primary N) is 5. The summed E-state index contributed by atoms with van der Waals surface area (Å²) in [5.41, 5.74) is 25.7. The van der Waals surface area contributed by atoms with Crippen molar-refractivity contribution in [3.8, 4) is 0 Å². The zero-order chi connectivity index (χ0) is 103. The number of imidazole rings is 2. The van der Waals surface area contributed by atoms with Crippen molar-refractivity contribution in [3.63, 3.8) is 0 Å². The van der Waals surface area contributed by atoms with Gasteiger partial charge in [0.15, 0.2) is 29.7 Å². The van der Waals surface area contributed by atoms with Crippen molar-refractivity contribution in [3.05, 3.63) is 157 Å². The molecule has 143 heavy (non-hydrogen) atoms. The lowest BCUT2D eigenvalue weighted by Crippen LogP contribution is -2.34. The van der Waals surface area contributed by atoms with Gasteiger partial charge in [-0.2, -0.15) is 15.0 Å². The van der Waals surface area contributed by atoms with E-state index in [0.29, 0.717) is 16.7 Å². The van der Waals surface area contributed by atoms with Crippen molar-refractivity contribution in [2.45, 2.75) is 216 Å². The molecule has 0 radical (unpaired) electrons. The Morgan fingerprint density at radius 1 is 0.364 bits per heavy atom. The van der Waals surface area contributed by atoms with Gasteiger partial charge in [0, 0.05) is 111 Å². The smallest absolute Gasteiger partial charge is 0.351 e. The number of aryl methyl sites for hydroxylation is 5. The second-order valence-electron chi connectivity index (χ2n) is 33.4. The second-order valence-corrected chi connectivity index (χ2v) is 52.5. The average Bonchev–Trinajstić information content (AvgIpc) is 1.64. The Hall–Kier alpha value is -6.50. The molecular formula is C71H89N23O35P7S7-7. The third kappa shape index (κ3) is 25.9. The van der Waals surface area contributed by atoms with E-state index in [9.17, 15) is 67.5 Å². The maximum absolute atomic E-state index is 14.9. The minimum atomic E-state index is -5.07. The predicted molar refractivity (Wildman–Crippen MR) is 507 cm³/mol. The topological polar surface area (TPSA) is 781 Å². The summed E-state index contributed by atoms with van der Waals surface area (Å²) >= 11 is 37.9. The quantitative estimate of drug-likeness (QED) is 0.0156. The van der Waals surface area contributed by atoms with Crippen LogP contribution in [0.4, 0.5) is 29.1 Å². The lowest BCUT2D eigenvalue weighted by molar-refractivity contribution is -0.221. The number of anilines is 5. The van der Waals surface area contributed by atoms with E-state index in [1.807, 2.05) is 0 Å². The standard InChI is InChI=1S/C71H96N23O35P7S7/c1-30-15-88(67(97)83-58(30)72)49-9-38(44(117-49)21-110-131(103,138)123-36-8-54(116-35(36)6)93-28-81-56-61(75)77-26-79-63(56)93)125-133(105,140)112-22-45-39(10-50(118-45)89-16-31(2)59(73)84-68(89)98)126-135(107,142)115-25-48-42(13-53(121-48)92-19-34(5)66(96)87-71(92)101)129-136(108,143)113-23-46-40(11-51(119-46)90-17-32(3)60(74)85-69(90)99)127-134(106,141)114-24-47-41(12-52(120-47)91-18-33(4)65(95)86-70(91)100)128-132(104,139)111-20-43-37(124-130(102,137)109-7)14-55(122-43)94-29-82-57-62(76)78-27-80-64(57)94/h15-19,26-29,35-55H,8-14,20-25H2,1-7H3,(H,102,137)(H,103,138)(H,104,139)(H,105,140)(H,106,141)(H,107,142)(H,108,143)(H2,72,83,97)(H2,73,84,98)(H2,74,85,99)(H2,75,77,79)(H2,76,78,80)(H,86,95,100)(H,87,96,101)/p-7/t35-,36-,37-,38-,39-,40-,41-,42-,43-,44-,45-,46-,47-,48-,49-,50-,51-,52-,53-,54-,55-,130?,131?,132?,133?,134?,135?,136?/m1/s1. The maximum atomic E-state index is 14.9. The normalized spacial score (nSPS) is 29.8. The zero-order valence-electron chi connectivity index (χ0n) is 75.3. The second kappa shape index (κ2) is 43.8. The van der Waals surface area contributed by atoms with Gasteiger partial charge >= 0.3 is 28.4 Å². The fourth-order valence-corrected chi connectivity index (χ4v) is 26.1. The molecule has 12 N–H and O–H groups in total. The Kier molecular flexibility index (Phi) is 33.5. The van der Waals surface area contributed by atoms with E-state index in [4.69, 9.17) is 208 Å². The van der Waals surface area contributed by atoms with E-state index in [0.717, 1.165) is 42.3 Å². The van der Waals surface area contributed by atoms with E-state index in [1.165, 1.54) is 76.2 Å². The number of aromatic amines is 2. The lowest BCUT2D eigenvalue weighted by atomic mass is 10.2. The Labute approximate surface area is 841 Å². The van der Waals surface area contributed by atoms with Crippen LogP contribution in [0.25, 0.3) is 22.3 Å². The van der Waals surface area contributed by atoms with Gasteiger partial charge in [0.05, 0.1) is 101 Å². The minimum Gasteiger partial charge on any atom is -0.780 e. The zero-order valence-corrected chi connectivity index (χ0v) is 87.3. The Bertz CT molecular complexity index is 7160. The molecule has 7 aliphatic rings. The van der Waals surface area contributed by atoms with Crippen LogP contribution in [0.2, 0.25) is 0 Å². The van der Waals surface area contributed by atoms with Crippen LogP contribution in [0.3, 0.4) is 0 Å². The molecule has 16 heterocycles. The highest BCUT2D eigenvalue weighted by molar-refractivity contribution is 8.32. The van der Waals surface area contributed by atoms with E-state index in [1.54, 1.807) is 18.4 Å². The van der Waals surface area contributed by atoms with Gasteiger partial charge in [0.1, 0.15) is 162 Å². The molecule has 0 bridgehead atoms. The molecule has 9 aromatic rings. The third-order valence-corrected chi connectivity index (χ3v) is 34.7. The number of hydrogen-bond donors (Lipinski definition) is 7. The first kappa shape index (κ1) is 109. The molecule has 0 saturated carbocycles. The number of nitrogen functional groups attached to an aromatic ring is 5. The molecule has 7 aliphatic heterocycles. The van der Waals surface area contributed by atoms with Crippen molar-refractivity contribution in [2.75, 3.05) is 75.4 Å². The van der Waals surface area contributed by atoms with Gasteiger partial charge in [-0.15, -0.1) is 0 Å². The molecule has 16 rings (SSSR count). The number of nitrogens with zero attached hydrogens (tertiary/aromatic N) is 16. The lowest BCUT2D eigenvalue weighted by Gasteiger charge is -2.36. The molecule has 28 atom stereocenters. The number of rotatable bonds is 40. The third-order valence-electron chi connectivity index (χ3n) is 23.6. The molecule has 7 unspecified atom stereocenters. The van der Waals surface area contributed by atoms with E-state index >= 15 is 0 Å². The van der Waals surface area contributed by atoms with Crippen molar-refractivity contribution in [1.29, 1.82) is 0 Å². The summed E-state index contributed by atoms with van der Waals surface area (Å²) in [5, 5.41) is 0. The number of hydrogen-bond acceptors (Lipinski definition) is 56. The highest BCUT2D eigenvalue weighted by atomic mass is 32.7. The summed E-state index contributed by atoms with van der Waals surface area (Å²) in [6, 6.07) is 0. The Morgan fingerprint density at radius 3 is 0.937 bits per heavy atom. The summed E-state index contributed by atoms with van der Waals surface area (Å²) < 4.78 is 148. The number of H-pyrrole nitrogens is 2. The van der Waals surface area contributed by atoms with Crippen LogP contribution in [-0.4, -0.2) is 219 Å². The van der Waals surface area contributed by atoms with Crippen LogP contribution in [0.15, 0.2) is 89.9 Å². The molecule has 0 spiro atoms. The molecule has 7 fully saturated rings. The van der Waals surface area contributed by atoms with Crippen LogP contribution in [0, 0.1) is 34.6 Å². The largest absolute Gasteiger partial charge is 0.780 e. The summed E-state index contributed by atoms with van der Waals surface area (Å²) in [6.45, 7) is -29.7. The van der Waals surface area contributed by atoms with Crippen molar-refractivity contribution in [1.82, 2.24) is 86.8 Å². The SMILES string of the molecule is COP([O-])(=S)O[C@@H]1C[C@H](n2cnc3c(N)ncnc32)O[C@@H]1COP([O-])(=S)O[C@@H]1C[C@H](n2cc(C)c(=O)[nH]c2=O)O[C@@H]1COP([O-])(=S)O[C@@H]1C[C@H](n2cc(C)c(N)nc2=O)O[C@@H]1COP([O-])(=S)O[C@@H]1C[C@H](n2cc(C)c(=O)[nH]c2=O)O[C@@H]1COP([O-])(=S)O[C@@H]1C[C@H](n2cc(C)c(N)nc2=O)O[C@@H]1COP(=O)([S-])O[C@@H]1C[C@H](n2cc(C)c(N)nc2=O)O[C@@H]1COP([O-])(=S)O[C@@H]1C[C@H](n2cnc3c(N)ncnc32)O[C@@H]1C. The van der Waals surface area contributed by atoms with Crippen LogP contribution in [-0.2, 0) is 184 Å². The van der Waals surface area contributed by atoms with Gasteiger partial charge in [-0.3, -0.25) is 56.1 Å². The molecule has 7 saturated heterocycles. The molecule has 0 amide bonds. The molecule has 72 heteroatoms. The van der Waals surface area contributed by atoms with Gasteiger partial charge in [-0.05, 0) is 41.5 Å². The van der Waals surface area contributed by atoms with Crippen LogP contribution >= 0.6 is 47.1 Å². The Morgan fingerprint density at radius 2 is 0.622 bits per heavy atom. The fourth-order valence-electron chi connectivity index (χ4n) is 16.4. The minimum absolute atomic E-state index is 0.00122. The van der Waals surface area contributed by atoms with E-state index in [2.05, 4.69) is 54.8 Å². The molecule has 0 aromatic carbocycles. The molecule has 782 valence electrons. The first-order valence-electron chi connectivity index (χ1n) is 42.8. The number of aromatic nitrogens is 18. The highest BCUT2D eigenvalue weighted by Gasteiger charge is 2.49. The monoisotopic (exact) mass is 2260 g/mol. The average molecular weight is 2270 g/mol. The first-order chi connectivity index (χ1) is 67.2. The van der Waals surface area contributed by atoms with Crippen LogP contribution in [0.5, 0.6) is 0 Å². The summed E-state index contributed by atoms with van der Waals surface area (Å²) in [6.07, 6.45) is -19.3. The van der Waals surface area contributed by atoms with Crippen LogP contribution < -0.4 is 97.6 Å². The number of nitrogens with one attached hydrogen (secondary N) is 2. The maximum Gasteiger partial charge on any atom is 0.351 e. The molecule has 0 aliphatic carbocycles. The van der Waals surface area contributed by atoms with Gasteiger partial charge in [0.25, 0.3) is 11.1 Å². The fraction of sp³-hybridized carbons (Fsp3) is 0.577. The van der Waals surface area contributed by atoms with E-state index in [-0.39, 0.29) is 81.8 Å². The summed E-state index contributed by atoms with van der Waals surface area (Å²) in [5.74, 6) is -0.249.